The van der Waals surface area contributed by atoms with Gasteiger partial charge in [0.25, 0.3) is 0 Å². The van der Waals surface area contributed by atoms with Crippen molar-refractivity contribution >= 4 is 28.6 Å². The SMILES string of the molecule is COc1ccc(C(=O)OCC2CCCCO2)nc1I. The number of carbonyl (C=O) groups is 1. The predicted octanol–water partition coefficient (Wildman–Crippen LogP) is 2.42. The van der Waals surface area contributed by atoms with Gasteiger partial charge in [-0.2, -0.15) is 0 Å². The number of hydrogen-bond donors (Lipinski definition) is 0. The van der Waals surface area contributed by atoms with Gasteiger partial charge in [0.05, 0.1) is 13.2 Å². The fourth-order valence-electron chi connectivity index (χ4n) is 1.87. The molecule has 104 valence electrons. The number of rotatable bonds is 4. The molecule has 0 N–H and O–H groups in total. The molecule has 6 heteroatoms. The molecule has 2 rings (SSSR count). The van der Waals surface area contributed by atoms with Crippen molar-refractivity contribution in [3.63, 3.8) is 0 Å². The van der Waals surface area contributed by atoms with E-state index in [2.05, 4.69) is 4.98 Å². The lowest BCUT2D eigenvalue weighted by molar-refractivity contribution is -0.0302. The average molecular weight is 377 g/mol. The Labute approximate surface area is 125 Å². The zero-order valence-corrected chi connectivity index (χ0v) is 12.9. The predicted molar refractivity (Wildman–Crippen MR) is 77.4 cm³/mol. The van der Waals surface area contributed by atoms with Gasteiger partial charge in [-0.25, -0.2) is 9.78 Å². The van der Waals surface area contributed by atoms with Crippen molar-refractivity contribution in [1.29, 1.82) is 0 Å². The van der Waals surface area contributed by atoms with Crippen LogP contribution >= 0.6 is 22.6 Å². The third-order valence-corrected chi connectivity index (χ3v) is 3.69. The first-order chi connectivity index (χ1) is 9.20. The lowest BCUT2D eigenvalue weighted by Gasteiger charge is -2.21. The second-order valence-corrected chi connectivity index (χ2v) is 5.30. The van der Waals surface area contributed by atoms with Crippen LogP contribution in [-0.4, -0.2) is 37.4 Å². The van der Waals surface area contributed by atoms with Crippen LogP contribution in [0.25, 0.3) is 0 Å². The first-order valence-electron chi connectivity index (χ1n) is 6.20. The van der Waals surface area contributed by atoms with Crippen molar-refractivity contribution in [3.8, 4) is 5.75 Å². The summed E-state index contributed by atoms with van der Waals surface area (Å²) in [5.74, 6) is 0.225. The molecule has 0 amide bonds. The normalized spacial score (nSPS) is 18.9. The fraction of sp³-hybridized carbons (Fsp3) is 0.538. The molecule has 0 bridgehead atoms. The molecule has 0 spiro atoms. The van der Waals surface area contributed by atoms with Crippen LogP contribution in [0.3, 0.4) is 0 Å². The van der Waals surface area contributed by atoms with Gasteiger partial charge < -0.3 is 14.2 Å². The van der Waals surface area contributed by atoms with Crippen LogP contribution < -0.4 is 4.74 Å². The summed E-state index contributed by atoms with van der Waals surface area (Å²) in [4.78, 5) is 16.0. The third kappa shape index (κ3) is 4.04. The summed E-state index contributed by atoms with van der Waals surface area (Å²) in [5, 5.41) is 0. The smallest absolute Gasteiger partial charge is 0.357 e. The zero-order chi connectivity index (χ0) is 13.7. The molecular formula is C13H16INO4. The maximum atomic E-state index is 11.9. The molecular weight excluding hydrogens is 361 g/mol. The lowest BCUT2D eigenvalue weighted by atomic mass is 10.1. The van der Waals surface area contributed by atoms with Gasteiger partial charge in [0.2, 0.25) is 0 Å². The van der Waals surface area contributed by atoms with Gasteiger partial charge in [0.15, 0.2) is 5.75 Å². The number of methoxy groups -OCH3 is 1. The van der Waals surface area contributed by atoms with Gasteiger partial charge in [-0.15, -0.1) is 0 Å². The van der Waals surface area contributed by atoms with Gasteiger partial charge in [-0.05, 0) is 54.0 Å². The van der Waals surface area contributed by atoms with E-state index in [0.717, 1.165) is 25.9 Å². The number of aromatic nitrogens is 1. The van der Waals surface area contributed by atoms with Crippen LogP contribution in [0.1, 0.15) is 29.8 Å². The van der Waals surface area contributed by atoms with Crippen LogP contribution in [0.15, 0.2) is 12.1 Å². The van der Waals surface area contributed by atoms with Crippen LogP contribution in [-0.2, 0) is 9.47 Å². The molecule has 0 radical (unpaired) electrons. The van der Waals surface area contributed by atoms with E-state index in [4.69, 9.17) is 14.2 Å². The van der Waals surface area contributed by atoms with Crippen molar-refractivity contribution < 1.29 is 19.0 Å². The van der Waals surface area contributed by atoms with Gasteiger partial charge >= 0.3 is 5.97 Å². The van der Waals surface area contributed by atoms with Crippen molar-refractivity contribution in [2.75, 3.05) is 20.3 Å². The number of carbonyl (C=O) groups excluding carboxylic acids is 1. The van der Waals surface area contributed by atoms with Crippen LogP contribution in [0.4, 0.5) is 0 Å². The Hall–Kier alpha value is -0.890. The molecule has 0 aromatic carbocycles. The highest BCUT2D eigenvalue weighted by molar-refractivity contribution is 14.1. The first-order valence-corrected chi connectivity index (χ1v) is 7.28. The second kappa shape index (κ2) is 7.04. The van der Waals surface area contributed by atoms with E-state index in [-0.39, 0.29) is 6.10 Å². The molecule has 1 fully saturated rings. The molecule has 5 nitrogen and oxygen atoms in total. The molecule has 19 heavy (non-hydrogen) atoms. The fourth-order valence-corrected chi connectivity index (χ4v) is 2.53. The highest BCUT2D eigenvalue weighted by Crippen LogP contribution is 2.19. The van der Waals surface area contributed by atoms with Gasteiger partial charge in [-0.1, -0.05) is 0 Å². The Kier molecular flexibility index (Phi) is 5.38. The minimum atomic E-state index is -0.422. The Morgan fingerprint density at radius 2 is 2.37 bits per heavy atom. The lowest BCUT2D eigenvalue weighted by Crippen LogP contribution is -2.26. The molecule has 0 aliphatic carbocycles. The number of halogens is 1. The topological polar surface area (TPSA) is 57.7 Å². The van der Waals surface area contributed by atoms with Gasteiger partial charge in [-0.3, -0.25) is 0 Å². The van der Waals surface area contributed by atoms with E-state index in [1.54, 1.807) is 19.2 Å². The number of nitrogens with zero attached hydrogens (tertiary/aromatic N) is 1. The molecule has 1 saturated heterocycles. The van der Waals surface area contributed by atoms with E-state index < -0.39 is 5.97 Å². The van der Waals surface area contributed by atoms with E-state index in [1.165, 1.54) is 0 Å². The van der Waals surface area contributed by atoms with Gasteiger partial charge in [0, 0.05) is 6.61 Å². The van der Waals surface area contributed by atoms with Crippen LogP contribution in [0.5, 0.6) is 5.75 Å². The van der Waals surface area contributed by atoms with Crippen LogP contribution in [0, 0.1) is 3.70 Å². The highest BCUT2D eigenvalue weighted by atomic mass is 127. The molecule has 1 aromatic rings. The number of esters is 1. The average Bonchev–Trinajstić information content (AvgIpc) is 2.45. The van der Waals surface area contributed by atoms with Crippen LogP contribution in [0.2, 0.25) is 0 Å². The Morgan fingerprint density at radius 1 is 1.53 bits per heavy atom. The van der Waals surface area contributed by atoms with Gasteiger partial charge in [0.1, 0.15) is 16.0 Å². The summed E-state index contributed by atoms with van der Waals surface area (Å²) in [5.41, 5.74) is 0.293. The zero-order valence-electron chi connectivity index (χ0n) is 10.7. The van der Waals surface area contributed by atoms with E-state index in [1.807, 2.05) is 22.6 Å². The quantitative estimate of drug-likeness (QED) is 0.458. The molecule has 1 aliphatic rings. The van der Waals surface area contributed by atoms with E-state index in [9.17, 15) is 4.79 Å². The molecule has 1 aromatic heterocycles. The Balaban J connectivity index is 1.90. The second-order valence-electron chi connectivity index (χ2n) is 4.28. The van der Waals surface area contributed by atoms with Crippen molar-refractivity contribution in [2.45, 2.75) is 25.4 Å². The molecule has 1 atom stereocenters. The Bertz CT molecular complexity index is 446. The Morgan fingerprint density at radius 3 is 3.00 bits per heavy atom. The van der Waals surface area contributed by atoms with Crippen molar-refractivity contribution in [1.82, 2.24) is 4.98 Å². The third-order valence-electron chi connectivity index (χ3n) is 2.92. The molecule has 0 saturated carbocycles. The largest absolute Gasteiger partial charge is 0.494 e. The maximum Gasteiger partial charge on any atom is 0.357 e. The van der Waals surface area contributed by atoms with Crippen molar-refractivity contribution in [2.24, 2.45) is 0 Å². The molecule has 1 aliphatic heterocycles. The molecule has 2 heterocycles. The summed E-state index contributed by atoms with van der Waals surface area (Å²) in [6.07, 6.45) is 3.18. The van der Waals surface area contributed by atoms with E-state index >= 15 is 0 Å². The number of ether oxygens (including phenoxy) is 3. The highest BCUT2D eigenvalue weighted by Gasteiger charge is 2.18. The standard InChI is InChI=1S/C13H16INO4/c1-17-11-6-5-10(15-12(11)14)13(16)19-8-9-4-2-3-7-18-9/h5-6,9H,2-4,7-8H2,1H3. The summed E-state index contributed by atoms with van der Waals surface area (Å²) >= 11 is 2.02. The minimum absolute atomic E-state index is 0.0232. The van der Waals surface area contributed by atoms with E-state index in [0.29, 0.717) is 21.8 Å². The monoisotopic (exact) mass is 377 g/mol. The summed E-state index contributed by atoms with van der Waals surface area (Å²) in [6, 6.07) is 3.31. The first kappa shape index (κ1) is 14.5. The molecule has 1 unspecified atom stereocenters. The minimum Gasteiger partial charge on any atom is -0.494 e. The summed E-state index contributed by atoms with van der Waals surface area (Å²) < 4.78 is 16.5. The summed E-state index contributed by atoms with van der Waals surface area (Å²) in [7, 11) is 1.57. The number of pyridine rings is 1. The van der Waals surface area contributed by atoms with Crippen molar-refractivity contribution in [3.05, 3.63) is 21.5 Å². The number of hydrogen-bond acceptors (Lipinski definition) is 5. The summed E-state index contributed by atoms with van der Waals surface area (Å²) in [6.45, 7) is 1.05. The maximum absolute atomic E-state index is 11.9.